The molecule has 172 valence electrons. The van der Waals surface area contributed by atoms with Gasteiger partial charge in [-0.15, -0.1) is 0 Å². The number of rotatable bonds is 6. The van der Waals surface area contributed by atoms with Gasteiger partial charge in [0, 0.05) is 36.1 Å². The van der Waals surface area contributed by atoms with Gasteiger partial charge in [-0.1, -0.05) is 13.0 Å². The van der Waals surface area contributed by atoms with E-state index < -0.39 is 17.6 Å². The first-order valence-corrected chi connectivity index (χ1v) is 10.9. The van der Waals surface area contributed by atoms with Gasteiger partial charge in [0.1, 0.15) is 0 Å². The number of alkyl halides is 3. The first kappa shape index (κ1) is 23.6. The zero-order valence-electron chi connectivity index (χ0n) is 18.3. The molecule has 1 atom stereocenters. The Hall–Kier alpha value is -3.03. The summed E-state index contributed by atoms with van der Waals surface area (Å²) in [7, 11) is 0. The Bertz CT molecular complexity index is 969. The van der Waals surface area contributed by atoms with Crippen LogP contribution in [0.2, 0.25) is 0 Å². The molecule has 3 rings (SSSR count). The quantitative estimate of drug-likeness (QED) is 0.617. The Labute approximate surface area is 186 Å². The molecule has 2 amide bonds. The summed E-state index contributed by atoms with van der Waals surface area (Å²) in [6, 6.07) is 9.29. The van der Waals surface area contributed by atoms with Gasteiger partial charge in [-0.2, -0.15) is 13.2 Å². The van der Waals surface area contributed by atoms with Crippen LogP contribution in [-0.4, -0.2) is 30.9 Å². The van der Waals surface area contributed by atoms with Gasteiger partial charge in [-0.3, -0.25) is 9.59 Å². The molecule has 0 aromatic heterocycles. The van der Waals surface area contributed by atoms with Crippen LogP contribution in [0.5, 0.6) is 0 Å². The number of nitrogens with zero attached hydrogens (tertiary/aromatic N) is 1. The van der Waals surface area contributed by atoms with Crippen molar-refractivity contribution < 1.29 is 22.8 Å². The normalized spacial score (nSPS) is 15.2. The van der Waals surface area contributed by atoms with E-state index in [1.54, 1.807) is 18.2 Å². The Morgan fingerprint density at radius 1 is 1.03 bits per heavy atom. The molecule has 1 saturated heterocycles. The van der Waals surface area contributed by atoms with Gasteiger partial charge in [0.2, 0.25) is 0 Å². The fourth-order valence-electron chi connectivity index (χ4n) is 3.65. The number of amides is 2. The summed E-state index contributed by atoms with van der Waals surface area (Å²) in [5.41, 5.74) is 0.587. The SMILES string of the molecule is CCC(C)NC(=O)c1cc(NC(=O)c2cccc(C(F)(F)F)c2)ccc1N1CCCCC1. The van der Waals surface area contributed by atoms with E-state index in [2.05, 4.69) is 15.5 Å². The van der Waals surface area contributed by atoms with Crippen molar-refractivity contribution in [3.8, 4) is 0 Å². The fraction of sp³-hybridized carbons (Fsp3) is 0.417. The summed E-state index contributed by atoms with van der Waals surface area (Å²) < 4.78 is 38.9. The Morgan fingerprint density at radius 3 is 2.41 bits per heavy atom. The molecule has 1 unspecified atom stereocenters. The molecule has 2 aromatic carbocycles. The molecular formula is C24H28F3N3O2. The first-order valence-electron chi connectivity index (χ1n) is 10.9. The average molecular weight is 448 g/mol. The Kier molecular flexibility index (Phi) is 7.43. The molecule has 2 N–H and O–H groups in total. The highest BCUT2D eigenvalue weighted by atomic mass is 19.4. The number of anilines is 2. The third-order valence-electron chi connectivity index (χ3n) is 5.64. The second-order valence-electron chi connectivity index (χ2n) is 8.10. The van der Waals surface area contributed by atoms with Gasteiger partial charge >= 0.3 is 6.18 Å². The maximum absolute atomic E-state index is 13.0. The minimum Gasteiger partial charge on any atom is -0.371 e. The lowest BCUT2D eigenvalue weighted by molar-refractivity contribution is -0.137. The monoisotopic (exact) mass is 447 g/mol. The van der Waals surface area contributed by atoms with Gasteiger partial charge < -0.3 is 15.5 Å². The molecule has 1 heterocycles. The topological polar surface area (TPSA) is 61.4 Å². The van der Waals surface area contributed by atoms with Crippen LogP contribution in [0.15, 0.2) is 42.5 Å². The molecule has 1 aliphatic heterocycles. The molecular weight excluding hydrogens is 419 g/mol. The van der Waals surface area contributed by atoms with E-state index in [-0.39, 0.29) is 17.5 Å². The van der Waals surface area contributed by atoms with Crippen molar-refractivity contribution in [3.63, 3.8) is 0 Å². The van der Waals surface area contributed by atoms with Crippen molar-refractivity contribution >= 4 is 23.2 Å². The number of carbonyl (C=O) groups is 2. The third-order valence-corrected chi connectivity index (χ3v) is 5.64. The van der Waals surface area contributed by atoms with Crippen LogP contribution in [0, 0.1) is 0 Å². The van der Waals surface area contributed by atoms with Crippen LogP contribution in [0.4, 0.5) is 24.5 Å². The summed E-state index contributed by atoms with van der Waals surface area (Å²) in [4.78, 5) is 27.7. The number of piperidine rings is 1. The molecule has 1 fully saturated rings. The highest BCUT2D eigenvalue weighted by molar-refractivity contribution is 6.06. The van der Waals surface area contributed by atoms with E-state index in [0.29, 0.717) is 11.3 Å². The van der Waals surface area contributed by atoms with E-state index in [1.165, 1.54) is 12.1 Å². The van der Waals surface area contributed by atoms with Crippen molar-refractivity contribution in [2.24, 2.45) is 0 Å². The molecule has 0 bridgehead atoms. The third kappa shape index (κ3) is 5.81. The minimum atomic E-state index is -4.53. The molecule has 5 nitrogen and oxygen atoms in total. The summed E-state index contributed by atoms with van der Waals surface area (Å²) in [5.74, 6) is -0.912. The zero-order valence-corrected chi connectivity index (χ0v) is 18.3. The maximum atomic E-state index is 13.0. The number of nitrogens with one attached hydrogen (secondary N) is 2. The van der Waals surface area contributed by atoms with E-state index >= 15 is 0 Å². The lowest BCUT2D eigenvalue weighted by Crippen LogP contribution is -2.35. The minimum absolute atomic E-state index is 0.0138. The van der Waals surface area contributed by atoms with Crippen molar-refractivity contribution in [1.82, 2.24) is 5.32 Å². The van der Waals surface area contributed by atoms with Crippen molar-refractivity contribution in [3.05, 3.63) is 59.2 Å². The number of benzene rings is 2. The van der Waals surface area contributed by atoms with E-state index in [0.717, 1.165) is 56.6 Å². The van der Waals surface area contributed by atoms with Gasteiger partial charge in [-0.05, 0) is 69.0 Å². The smallest absolute Gasteiger partial charge is 0.371 e. The van der Waals surface area contributed by atoms with Gasteiger partial charge in [0.15, 0.2) is 0 Å². The molecule has 2 aromatic rings. The molecule has 1 aliphatic rings. The van der Waals surface area contributed by atoms with Crippen LogP contribution in [-0.2, 0) is 6.18 Å². The first-order chi connectivity index (χ1) is 15.2. The summed E-state index contributed by atoms with van der Waals surface area (Å²) in [6.07, 6.45) is -0.526. The molecule has 0 radical (unpaired) electrons. The molecule has 0 spiro atoms. The van der Waals surface area contributed by atoms with Crippen LogP contribution < -0.4 is 15.5 Å². The molecule has 0 saturated carbocycles. The number of halogens is 3. The van der Waals surface area contributed by atoms with Crippen molar-refractivity contribution in [2.45, 2.75) is 51.7 Å². The van der Waals surface area contributed by atoms with Crippen molar-refractivity contribution in [2.75, 3.05) is 23.3 Å². The van der Waals surface area contributed by atoms with Crippen LogP contribution in [0.3, 0.4) is 0 Å². The summed E-state index contributed by atoms with van der Waals surface area (Å²) in [6.45, 7) is 5.58. The molecule has 8 heteroatoms. The van der Waals surface area contributed by atoms with Crippen LogP contribution in [0.25, 0.3) is 0 Å². The fourth-order valence-corrected chi connectivity index (χ4v) is 3.65. The van der Waals surface area contributed by atoms with E-state index in [1.807, 2.05) is 13.8 Å². The highest BCUT2D eigenvalue weighted by Crippen LogP contribution is 2.30. The van der Waals surface area contributed by atoms with Crippen LogP contribution in [0.1, 0.15) is 65.8 Å². The molecule has 0 aliphatic carbocycles. The lowest BCUT2D eigenvalue weighted by Gasteiger charge is -2.31. The second-order valence-corrected chi connectivity index (χ2v) is 8.10. The average Bonchev–Trinajstić information content (AvgIpc) is 2.79. The lowest BCUT2D eigenvalue weighted by atomic mass is 10.0. The maximum Gasteiger partial charge on any atom is 0.416 e. The molecule has 32 heavy (non-hydrogen) atoms. The van der Waals surface area contributed by atoms with Crippen LogP contribution >= 0.6 is 0 Å². The van der Waals surface area contributed by atoms with Crippen molar-refractivity contribution in [1.29, 1.82) is 0 Å². The largest absolute Gasteiger partial charge is 0.416 e. The Balaban J connectivity index is 1.87. The van der Waals surface area contributed by atoms with Gasteiger partial charge in [0.05, 0.1) is 11.1 Å². The standard InChI is InChI=1S/C24H28F3N3O2/c1-3-16(2)28-23(32)20-15-19(10-11-21(20)30-12-5-4-6-13-30)29-22(31)17-8-7-9-18(14-17)24(25,26)27/h7-11,14-16H,3-6,12-13H2,1-2H3,(H,28,32)(H,29,31). The highest BCUT2D eigenvalue weighted by Gasteiger charge is 2.31. The predicted octanol–water partition coefficient (Wildman–Crippen LogP) is 5.48. The van der Waals surface area contributed by atoms with Gasteiger partial charge in [-0.25, -0.2) is 0 Å². The summed E-state index contributed by atoms with van der Waals surface area (Å²) >= 11 is 0. The second kappa shape index (κ2) is 10.1. The van der Waals surface area contributed by atoms with E-state index in [9.17, 15) is 22.8 Å². The predicted molar refractivity (Wildman–Crippen MR) is 119 cm³/mol. The van der Waals surface area contributed by atoms with E-state index in [4.69, 9.17) is 0 Å². The van der Waals surface area contributed by atoms with Gasteiger partial charge in [0.25, 0.3) is 11.8 Å². The number of hydrogen-bond donors (Lipinski definition) is 2. The Morgan fingerprint density at radius 2 is 1.75 bits per heavy atom. The summed E-state index contributed by atoms with van der Waals surface area (Å²) in [5, 5.41) is 5.58. The number of carbonyl (C=O) groups excluding carboxylic acids is 2. The zero-order chi connectivity index (χ0) is 23.3. The number of hydrogen-bond acceptors (Lipinski definition) is 3.